The number of nitrogens with one attached hydrogen (secondary N) is 2. The fraction of sp³-hybridized carbons (Fsp3) is 0.500. The Hall–Kier alpha value is -1.67. The number of anilines is 1. The molecule has 0 aromatic heterocycles. The van der Waals surface area contributed by atoms with E-state index in [1.54, 1.807) is 20.8 Å². The SMILES string of the molecule is CCNc1ccc([N+](=O)[O-])c(S(=O)(=O)NC(C)(C)C)c1. The van der Waals surface area contributed by atoms with Crippen LogP contribution >= 0.6 is 0 Å². The van der Waals surface area contributed by atoms with Gasteiger partial charge in [-0.2, -0.15) is 0 Å². The molecular weight excluding hydrogens is 282 g/mol. The molecule has 7 nitrogen and oxygen atoms in total. The van der Waals surface area contributed by atoms with Gasteiger partial charge < -0.3 is 5.32 Å². The van der Waals surface area contributed by atoms with Gasteiger partial charge in [0.05, 0.1) is 4.92 Å². The average molecular weight is 301 g/mol. The second-order valence-corrected chi connectivity index (χ2v) is 6.98. The molecule has 0 saturated carbocycles. The van der Waals surface area contributed by atoms with Crippen molar-refractivity contribution in [3.63, 3.8) is 0 Å². The molecule has 0 aliphatic heterocycles. The van der Waals surface area contributed by atoms with Crippen LogP contribution in [0.4, 0.5) is 11.4 Å². The highest BCUT2D eigenvalue weighted by Crippen LogP contribution is 2.27. The first kappa shape index (κ1) is 16.4. The molecule has 0 bridgehead atoms. The zero-order valence-corrected chi connectivity index (χ0v) is 12.7. The third-order valence-electron chi connectivity index (χ3n) is 2.27. The van der Waals surface area contributed by atoms with Crippen molar-refractivity contribution in [1.29, 1.82) is 0 Å². The van der Waals surface area contributed by atoms with E-state index in [0.29, 0.717) is 12.2 Å². The van der Waals surface area contributed by atoms with Crippen molar-refractivity contribution in [2.75, 3.05) is 11.9 Å². The highest BCUT2D eigenvalue weighted by molar-refractivity contribution is 7.89. The van der Waals surface area contributed by atoms with E-state index in [9.17, 15) is 18.5 Å². The first-order chi connectivity index (χ1) is 9.07. The lowest BCUT2D eigenvalue weighted by atomic mass is 10.1. The number of sulfonamides is 1. The Labute approximate surface area is 118 Å². The summed E-state index contributed by atoms with van der Waals surface area (Å²) < 4.78 is 27.0. The monoisotopic (exact) mass is 301 g/mol. The molecule has 0 aliphatic rings. The summed E-state index contributed by atoms with van der Waals surface area (Å²) in [5.41, 5.74) is -0.642. The predicted octanol–water partition coefficient (Wildman–Crippen LogP) is 2.10. The number of benzene rings is 1. The molecule has 0 fully saturated rings. The normalized spacial score (nSPS) is 12.2. The van der Waals surface area contributed by atoms with Crippen LogP contribution in [0.15, 0.2) is 23.1 Å². The molecule has 0 aliphatic carbocycles. The van der Waals surface area contributed by atoms with Crippen LogP contribution in [0.25, 0.3) is 0 Å². The molecule has 0 radical (unpaired) electrons. The van der Waals surface area contributed by atoms with Gasteiger partial charge in [-0.1, -0.05) is 0 Å². The van der Waals surface area contributed by atoms with E-state index >= 15 is 0 Å². The van der Waals surface area contributed by atoms with Crippen LogP contribution < -0.4 is 10.0 Å². The van der Waals surface area contributed by atoms with Crippen LogP contribution in [0, 0.1) is 10.1 Å². The number of hydrogen-bond acceptors (Lipinski definition) is 5. The second-order valence-electron chi connectivity index (χ2n) is 5.33. The highest BCUT2D eigenvalue weighted by atomic mass is 32.2. The molecule has 0 amide bonds. The summed E-state index contributed by atoms with van der Waals surface area (Å²) in [6, 6.07) is 3.95. The smallest absolute Gasteiger partial charge is 0.289 e. The van der Waals surface area contributed by atoms with E-state index in [1.165, 1.54) is 18.2 Å². The molecule has 1 rings (SSSR count). The molecule has 112 valence electrons. The molecule has 0 saturated heterocycles. The highest BCUT2D eigenvalue weighted by Gasteiger charge is 2.29. The Morgan fingerprint density at radius 2 is 1.90 bits per heavy atom. The first-order valence-electron chi connectivity index (χ1n) is 6.13. The minimum atomic E-state index is -3.97. The maximum absolute atomic E-state index is 12.3. The minimum absolute atomic E-state index is 0.337. The minimum Gasteiger partial charge on any atom is -0.385 e. The van der Waals surface area contributed by atoms with Crippen molar-refractivity contribution in [3.05, 3.63) is 28.3 Å². The lowest BCUT2D eigenvalue weighted by Crippen LogP contribution is -2.40. The van der Waals surface area contributed by atoms with Crippen molar-refractivity contribution in [2.24, 2.45) is 0 Å². The summed E-state index contributed by atoms with van der Waals surface area (Å²) in [7, 11) is -3.97. The molecule has 2 N–H and O–H groups in total. The van der Waals surface area contributed by atoms with Crippen LogP contribution in [-0.2, 0) is 10.0 Å². The van der Waals surface area contributed by atoms with Crippen LogP contribution in [0.1, 0.15) is 27.7 Å². The summed E-state index contributed by atoms with van der Waals surface area (Å²) >= 11 is 0. The zero-order valence-electron chi connectivity index (χ0n) is 11.9. The molecule has 1 aromatic carbocycles. The third kappa shape index (κ3) is 4.17. The van der Waals surface area contributed by atoms with E-state index in [1.807, 2.05) is 6.92 Å². The Balaban J connectivity index is 3.39. The number of nitro groups is 1. The van der Waals surface area contributed by atoms with Gasteiger partial charge in [-0.3, -0.25) is 10.1 Å². The Bertz CT molecular complexity index is 606. The van der Waals surface area contributed by atoms with Gasteiger partial charge in [-0.15, -0.1) is 0 Å². The maximum Gasteiger partial charge on any atom is 0.289 e. The number of hydrogen-bond donors (Lipinski definition) is 2. The van der Waals surface area contributed by atoms with E-state index in [0.717, 1.165) is 0 Å². The fourth-order valence-corrected chi connectivity index (χ4v) is 3.27. The Kier molecular flexibility index (Phi) is 4.72. The lowest BCUT2D eigenvalue weighted by Gasteiger charge is -2.20. The summed E-state index contributed by atoms with van der Waals surface area (Å²) in [5, 5.41) is 13.9. The number of rotatable bonds is 5. The molecule has 20 heavy (non-hydrogen) atoms. The van der Waals surface area contributed by atoms with Gasteiger partial charge in [-0.25, -0.2) is 13.1 Å². The van der Waals surface area contributed by atoms with Crippen LogP contribution in [0.5, 0.6) is 0 Å². The largest absolute Gasteiger partial charge is 0.385 e. The van der Waals surface area contributed by atoms with Gasteiger partial charge in [0.2, 0.25) is 10.0 Å². The van der Waals surface area contributed by atoms with E-state index in [4.69, 9.17) is 0 Å². The van der Waals surface area contributed by atoms with Crippen molar-refractivity contribution in [1.82, 2.24) is 4.72 Å². The molecule has 0 unspecified atom stereocenters. The summed E-state index contributed by atoms with van der Waals surface area (Å²) in [4.78, 5) is 9.96. The van der Waals surface area contributed by atoms with E-state index < -0.39 is 26.2 Å². The average Bonchev–Trinajstić information content (AvgIpc) is 2.25. The molecular formula is C12H19N3O4S. The van der Waals surface area contributed by atoms with Gasteiger partial charge in [0, 0.05) is 23.8 Å². The Morgan fingerprint density at radius 1 is 1.30 bits per heavy atom. The van der Waals surface area contributed by atoms with Crippen LogP contribution in [0.3, 0.4) is 0 Å². The van der Waals surface area contributed by atoms with Crippen molar-refractivity contribution in [3.8, 4) is 0 Å². The zero-order chi connectivity index (χ0) is 15.6. The molecule has 0 heterocycles. The van der Waals surface area contributed by atoms with Gasteiger partial charge >= 0.3 is 0 Å². The van der Waals surface area contributed by atoms with Crippen molar-refractivity contribution in [2.45, 2.75) is 38.1 Å². The number of nitro benzene ring substituents is 1. The second kappa shape index (κ2) is 5.76. The summed E-state index contributed by atoms with van der Waals surface area (Å²) in [5.74, 6) is 0. The van der Waals surface area contributed by atoms with E-state index in [-0.39, 0.29) is 4.90 Å². The molecule has 0 spiro atoms. The topological polar surface area (TPSA) is 101 Å². The summed E-state index contributed by atoms with van der Waals surface area (Å²) in [6.45, 7) is 7.45. The van der Waals surface area contributed by atoms with Gasteiger partial charge in [-0.05, 0) is 39.8 Å². The molecule has 8 heteroatoms. The third-order valence-corrected chi connectivity index (χ3v) is 4.05. The summed E-state index contributed by atoms with van der Waals surface area (Å²) in [6.07, 6.45) is 0. The van der Waals surface area contributed by atoms with Crippen LogP contribution in [0.2, 0.25) is 0 Å². The maximum atomic E-state index is 12.3. The van der Waals surface area contributed by atoms with Crippen molar-refractivity contribution >= 4 is 21.4 Å². The lowest BCUT2D eigenvalue weighted by molar-refractivity contribution is -0.387. The van der Waals surface area contributed by atoms with Crippen molar-refractivity contribution < 1.29 is 13.3 Å². The van der Waals surface area contributed by atoms with Crippen LogP contribution in [-0.4, -0.2) is 25.4 Å². The number of nitrogens with zero attached hydrogens (tertiary/aromatic N) is 1. The molecule has 1 aromatic rings. The Morgan fingerprint density at radius 3 is 2.35 bits per heavy atom. The quantitative estimate of drug-likeness (QED) is 0.640. The predicted molar refractivity (Wildman–Crippen MR) is 77.3 cm³/mol. The molecule has 0 atom stereocenters. The van der Waals surface area contributed by atoms with Gasteiger partial charge in [0.15, 0.2) is 4.90 Å². The standard InChI is InChI=1S/C12H19N3O4S/c1-5-13-9-6-7-10(15(16)17)11(8-9)20(18,19)14-12(2,3)4/h6-8,13-14H,5H2,1-4H3. The van der Waals surface area contributed by atoms with Gasteiger partial charge in [0.25, 0.3) is 5.69 Å². The van der Waals surface area contributed by atoms with Gasteiger partial charge in [0.1, 0.15) is 0 Å². The van der Waals surface area contributed by atoms with E-state index in [2.05, 4.69) is 10.0 Å². The fourth-order valence-electron chi connectivity index (χ4n) is 1.65. The first-order valence-corrected chi connectivity index (χ1v) is 7.61.